The van der Waals surface area contributed by atoms with Crippen LogP contribution in [0.5, 0.6) is 0 Å². The summed E-state index contributed by atoms with van der Waals surface area (Å²) < 4.78 is 61.6. The van der Waals surface area contributed by atoms with E-state index in [0.717, 1.165) is 12.5 Å². The molecule has 0 spiro atoms. The van der Waals surface area contributed by atoms with Crippen molar-refractivity contribution in [3.63, 3.8) is 0 Å². The Labute approximate surface area is 226 Å². The number of nitrogens with one attached hydrogen (secondary N) is 2. The van der Waals surface area contributed by atoms with Gasteiger partial charge in [-0.25, -0.2) is 4.39 Å². The molecule has 2 aromatic heterocycles. The van der Waals surface area contributed by atoms with Crippen molar-refractivity contribution < 1.29 is 27.1 Å². The van der Waals surface area contributed by atoms with E-state index in [-0.39, 0.29) is 23.6 Å². The predicted octanol–water partition coefficient (Wildman–Crippen LogP) is 1.89. The van der Waals surface area contributed by atoms with E-state index in [1.165, 1.54) is 4.52 Å². The molecule has 2 aliphatic heterocycles. The van der Waals surface area contributed by atoms with Crippen LogP contribution in [0.1, 0.15) is 24.6 Å². The highest BCUT2D eigenvalue weighted by Gasteiger charge is 2.31. The minimum absolute atomic E-state index is 0.143. The fraction of sp³-hybridized carbons (Fsp3) is 0.520. The quantitative estimate of drug-likeness (QED) is 0.436. The molecule has 1 amide bonds. The average molecular weight is 567 g/mol. The minimum atomic E-state index is -4.72. The van der Waals surface area contributed by atoms with E-state index < -0.39 is 23.5 Å². The first-order valence-electron chi connectivity index (χ1n) is 13.1. The van der Waals surface area contributed by atoms with E-state index >= 15 is 0 Å². The molecule has 0 unspecified atom stereocenters. The van der Waals surface area contributed by atoms with Gasteiger partial charge < -0.3 is 29.7 Å². The van der Waals surface area contributed by atoms with Gasteiger partial charge in [-0.2, -0.15) is 22.7 Å². The average Bonchev–Trinajstić information content (AvgIpc) is 3.19. The third-order valence-electron chi connectivity index (χ3n) is 6.96. The lowest BCUT2D eigenvalue weighted by Crippen LogP contribution is -2.47. The molecule has 0 saturated carbocycles. The molecule has 0 radical (unpaired) electrons. The Morgan fingerprint density at radius 1 is 1.12 bits per heavy atom. The van der Waals surface area contributed by atoms with Gasteiger partial charge in [-0.1, -0.05) is 6.92 Å². The lowest BCUT2D eigenvalue weighted by Gasteiger charge is -2.31. The standard InChI is InChI=1S/C25H30F4N8O3/c1-2-19-21(34-9-6-30-7-10-34)22(39)37-24(32-23(33-37)35-8-3-12-40-13-11-35)36(19)15-20(38)31-18-5-4-16(14-17(18)26)25(27,28)29/h4-5,14,30H,2-3,6-13,15H2,1H3,(H,31,38). The first-order chi connectivity index (χ1) is 19.2. The van der Waals surface area contributed by atoms with Crippen molar-refractivity contribution in [3.8, 4) is 0 Å². The summed E-state index contributed by atoms with van der Waals surface area (Å²) in [6.07, 6.45) is -3.58. The van der Waals surface area contributed by atoms with Gasteiger partial charge in [0, 0.05) is 45.9 Å². The van der Waals surface area contributed by atoms with Crippen molar-refractivity contribution in [2.24, 2.45) is 0 Å². The lowest BCUT2D eigenvalue weighted by molar-refractivity contribution is -0.137. The highest BCUT2D eigenvalue weighted by Crippen LogP contribution is 2.31. The normalized spacial score (nSPS) is 16.8. The Balaban J connectivity index is 1.55. The minimum Gasteiger partial charge on any atom is -0.380 e. The fourth-order valence-electron chi connectivity index (χ4n) is 5.01. The summed E-state index contributed by atoms with van der Waals surface area (Å²) in [5.41, 5.74) is -0.943. The molecule has 40 heavy (non-hydrogen) atoms. The number of anilines is 3. The van der Waals surface area contributed by atoms with Crippen LogP contribution in [0.2, 0.25) is 0 Å². The van der Waals surface area contributed by atoms with Crippen LogP contribution in [0.4, 0.5) is 34.9 Å². The number of aromatic nitrogens is 4. The van der Waals surface area contributed by atoms with E-state index in [2.05, 4.69) is 20.7 Å². The van der Waals surface area contributed by atoms with Gasteiger partial charge in [0.25, 0.3) is 5.56 Å². The predicted molar refractivity (Wildman–Crippen MR) is 139 cm³/mol. The first kappa shape index (κ1) is 27.8. The molecule has 11 nitrogen and oxygen atoms in total. The van der Waals surface area contributed by atoms with Crippen LogP contribution in [0.15, 0.2) is 23.0 Å². The van der Waals surface area contributed by atoms with Crippen molar-refractivity contribution in [2.45, 2.75) is 32.5 Å². The zero-order valence-electron chi connectivity index (χ0n) is 21.9. The van der Waals surface area contributed by atoms with E-state index in [9.17, 15) is 27.2 Å². The topological polar surface area (TPSA) is 109 Å². The van der Waals surface area contributed by atoms with Crippen LogP contribution in [-0.2, 0) is 28.7 Å². The second kappa shape index (κ2) is 11.4. The lowest BCUT2D eigenvalue weighted by atomic mass is 10.2. The van der Waals surface area contributed by atoms with E-state index in [1.54, 1.807) is 4.57 Å². The number of rotatable bonds is 6. The maximum atomic E-state index is 14.5. The maximum Gasteiger partial charge on any atom is 0.416 e. The third-order valence-corrected chi connectivity index (χ3v) is 6.96. The van der Waals surface area contributed by atoms with Crippen molar-refractivity contribution in [2.75, 3.05) is 67.6 Å². The summed E-state index contributed by atoms with van der Waals surface area (Å²) in [5, 5.41) is 10.1. The van der Waals surface area contributed by atoms with Gasteiger partial charge in [0.05, 0.1) is 23.6 Å². The van der Waals surface area contributed by atoms with Gasteiger partial charge in [0.1, 0.15) is 18.0 Å². The molecule has 0 atom stereocenters. The summed E-state index contributed by atoms with van der Waals surface area (Å²) in [4.78, 5) is 35.4. The van der Waals surface area contributed by atoms with E-state index in [1.807, 2.05) is 16.7 Å². The van der Waals surface area contributed by atoms with Gasteiger partial charge >= 0.3 is 6.18 Å². The van der Waals surface area contributed by atoms with Gasteiger partial charge in [0.15, 0.2) is 0 Å². The SMILES string of the molecule is CCc1c(N2CCNCC2)c(=O)n2nc(N3CCCOCC3)nc2n1CC(=O)Nc1ccc(C(F)(F)F)cc1F. The smallest absolute Gasteiger partial charge is 0.380 e. The summed E-state index contributed by atoms with van der Waals surface area (Å²) >= 11 is 0. The summed E-state index contributed by atoms with van der Waals surface area (Å²) in [6, 6.07) is 1.91. The highest BCUT2D eigenvalue weighted by atomic mass is 19.4. The van der Waals surface area contributed by atoms with Gasteiger partial charge in [0.2, 0.25) is 17.6 Å². The number of carbonyl (C=O) groups excluding carboxylic acids is 1. The van der Waals surface area contributed by atoms with Crippen molar-refractivity contribution in [3.05, 3.63) is 45.6 Å². The van der Waals surface area contributed by atoms with Crippen molar-refractivity contribution in [1.29, 1.82) is 0 Å². The molecule has 2 saturated heterocycles. The van der Waals surface area contributed by atoms with Crippen LogP contribution in [0.3, 0.4) is 0 Å². The molecule has 5 rings (SSSR count). The molecular weight excluding hydrogens is 536 g/mol. The van der Waals surface area contributed by atoms with Crippen LogP contribution < -0.4 is 26.0 Å². The Morgan fingerprint density at radius 3 is 2.60 bits per heavy atom. The van der Waals surface area contributed by atoms with E-state index in [4.69, 9.17) is 4.74 Å². The molecule has 3 aromatic rings. The molecule has 15 heteroatoms. The largest absolute Gasteiger partial charge is 0.416 e. The maximum absolute atomic E-state index is 14.5. The summed E-state index contributed by atoms with van der Waals surface area (Å²) in [7, 11) is 0. The van der Waals surface area contributed by atoms with Crippen LogP contribution >= 0.6 is 0 Å². The number of halogens is 4. The molecule has 2 aliphatic rings. The monoisotopic (exact) mass is 566 g/mol. The number of hydrogen-bond donors (Lipinski definition) is 2. The molecule has 1 aromatic carbocycles. The molecule has 216 valence electrons. The highest BCUT2D eigenvalue weighted by molar-refractivity contribution is 5.91. The van der Waals surface area contributed by atoms with Gasteiger partial charge in [-0.15, -0.1) is 5.10 Å². The Kier molecular flexibility index (Phi) is 7.94. The second-order valence-corrected chi connectivity index (χ2v) is 9.59. The van der Waals surface area contributed by atoms with E-state index in [0.29, 0.717) is 88.4 Å². The first-order valence-corrected chi connectivity index (χ1v) is 13.1. The van der Waals surface area contributed by atoms with Crippen LogP contribution in [-0.4, -0.2) is 77.6 Å². The number of nitrogens with zero attached hydrogens (tertiary/aromatic N) is 6. The number of fused-ring (bicyclic) bond motifs is 1. The Hall–Kier alpha value is -3.72. The van der Waals surface area contributed by atoms with Gasteiger partial charge in [-0.3, -0.25) is 9.59 Å². The number of benzene rings is 1. The van der Waals surface area contributed by atoms with Crippen LogP contribution in [0, 0.1) is 5.82 Å². The number of alkyl halides is 3. The second-order valence-electron chi connectivity index (χ2n) is 9.59. The number of hydrogen-bond acceptors (Lipinski definition) is 8. The molecule has 0 bridgehead atoms. The zero-order chi connectivity index (χ0) is 28.4. The third kappa shape index (κ3) is 5.61. The number of amides is 1. The Bertz CT molecular complexity index is 1440. The van der Waals surface area contributed by atoms with Crippen molar-refractivity contribution >= 4 is 29.0 Å². The van der Waals surface area contributed by atoms with Crippen LogP contribution in [0.25, 0.3) is 5.78 Å². The fourth-order valence-corrected chi connectivity index (χ4v) is 5.01. The Morgan fingerprint density at radius 2 is 1.90 bits per heavy atom. The molecule has 0 aliphatic carbocycles. The summed E-state index contributed by atoms with van der Waals surface area (Å²) in [5.74, 6) is -1.44. The zero-order valence-corrected chi connectivity index (χ0v) is 21.9. The molecule has 4 heterocycles. The molecular formula is C25H30F4N8O3. The molecule has 2 N–H and O–H groups in total. The molecule has 2 fully saturated rings. The number of ether oxygens (including phenoxy) is 1. The summed E-state index contributed by atoms with van der Waals surface area (Å²) in [6.45, 7) is 6.21. The number of carbonyl (C=O) groups is 1. The van der Waals surface area contributed by atoms with Crippen molar-refractivity contribution in [1.82, 2.24) is 24.5 Å². The van der Waals surface area contributed by atoms with Gasteiger partial charge in [-0.05, 0) is 31.0 Å². The number of piperazine rings is 1.